The highest BCUT2D eigenvalue weighted by molar-refractivity contribution is 4.86. The van der Waals surface area contributed by atoms with Crippen molar-refractivity contribution in [2.24, 2.45) is 0 Å². The summed E-state index contributed by atoms with van der Waals surface area (Å²) in [6, 6.07) is 0.586. The van der Waals surface area contributed by atoms with Crippen LogP contribution >= 0.6 is 0 Å². The first kappa shape index (κ1) is 12.3. The Balaban J connectivity index is 1.70. The zero-order chi connectivity index (χ0) is 11.4. The smallest absolute Gasteiger partial charge is 0.0815 e. The normalized spacial score (nSPS) is 28.1. The van der Waals surface area contributed by atoms with Gasteiger partial charge in [-0.25, -0.2) is 0 Å². The van der Waals surface area contributed by atoms with E-state index in [1.165, 1.54) is 25.9 Å². The maximum Gasteiger partial charge on any atom is 0.0815 e. The molecule has 0 radical (unpaired) electrons. The van der Waals surface area contributed by atoms with Crippen molar-refractivity contribution in [2.75, 3.05) is 39.9 Å². The fourth-order valence-corrected chi connectivity index (χ4v) is 2.48. The van der Waals surface area contributed by atoms with Crippen LogP contribution in [0.4, 0.5) is 0 Å². The molecule has 0 aromatic carbocycles. The summed E-state index contributed by atoms with van der Waals surface area (Å²) in [5.74, 6) is 0. The molecule has 0 aromatic heterocycles. The molecule has 0 amide bonds. The minimum absolute atomic E-state index is 0.526. The molecule has 0 bridgehead atoms. The molecule has 0 spiro atoms. The minimum Gasteiger partial charge on any atom is -0.388 e. The van der Waals surface area contributed by atoms with Crippen LogP contribution in [0, 0.1) is 0 Å². The molecule has 0 aromatic rings. The highest BCUT2D eigenvalue weighted by Gasteiger charge is 2.30. The van der Waals surface area contributed by atoms with Gasteiger partial charge in [0.1, 0.15) is 0 Å². The number of aliphatic hydroxyl groups is 1. The Labute approximate surface area is 98.0 Å². The Morgan fingerprint density at radius 2 is 1.94 bits per heavy atom. The topological polar surface area (TPSA) is 44.7 Å². The molecule has 2 saturated heterocycles. The molecule has 94 valence electrons. The second kappa shape index (κ2) is 5.45. The van der Waals surface area contributed by atoms with E-state index < -0.39 is 5.60 Å². The van der Waals surface area contributed by atoms with Crippen LogP contribution in [0.2, 0.25) is 0 Å². The molecule has 2 N–H and O–H groups in total. The molecule has 2 aliphatic rings. The van der Waals surface area contributed by atoms with Gasteiger partial charge in [-0.15, -0.1) is 0 Å². The van der Waals surface area contributed by atoms with E-state index in [4.69, 9.17) is 4.74 Å². The van der Waals surface area contributed by atoms with Crippen molar-refractivity contribution in [3.05, 3.63) is 0 Å². The molecule has 0 unspecified atom stereocenters. The van der Waals surface area contributed by atoms with Gasteiger partial charge in [0.2, 0.25) is 0 Å². The van der Waals surface area contributed by atoms with E-state index in [1.807, 2.05) is 0 Å². The van der Waals surface area contributed by atoms with Gasteiger partial charge in [0, 0.05) is 38.6 Å². The van der Waals surface area contributed by atoms with Crippen molar-refractivity contribution in [3.63, 3.8) is 0 Å². The summed E-state index contributed by atoms with van der Waals surface area (Å²) in [6.45, 7) is 4.46. The molecule has 2 fully saturated rings. The summed E-state index contributed by atoms with van der Waals surface area (Å²) >= 11 is 0. The molecule has 0 aliphatic carbocycles. The Morgan fingerprint density at radius 3 is 2.56 bits per heavy atom. The zero-order valence-corrected chi connectivity index (χ0v) is 10.2. The summed E-state index contributed by atoms with van der Waals surface area (Å²) < 4.78 is 5.28. The molecule has 2 aliphatic heterocycles. The summed E-state index contributed by atoms with van der Waals surface area (Å²) in [5.41, 5.74) is -0.526. The number of likely N-dealkylation sites (tertiary alicyclic amines) is 1. The van der Waals surface area contributed by atoms with Crippen molar-refractivity contribution in [2.45, 2.75) is 37.3 Å². The maximum absolute atomic E-state index is 10.3. The molecule has 4 heteroatoms. The van der Waals surface area contributed by atoms with E-state index in [0.717, 1.165) is 19.4 Å². The van der Waals surface area contributed by atoms with Crippen molar-refractivity contribution >= 4 is 0 Å². The van der Waals surface area contributed by atoms with Crippen molar-refractivity contribution in [1.29, 1.82) is 0 Å². The average Bonchev–Trinajstić information content (AvgIpc) is 2.29. The third-order valence-corrected chi connectivity index (χ3v) is 3.86. The first-order chi connectivity index (χ1) is 7.68. The highest BCUT2D eigenvalue weighted by Crippen LogP contribution is 2.20. The van der Waals surface area contributed by atoms with Crippen molar-refractivity contribution < 1.29 is 9.84 Å². The van der Waals surface area contributed by atoms with Gasteiger partial charge >= 0.3 is 0 Å². The van der Waals surface area contributed by atoms with Gasteiger partial charge in [0.15, 0.2) is 0 Å². The number of rotatable bonds is 3. The standard InChI is InChI=1S/C12H24N2O2/c1-14-6-2-11(3-7-14)13-10-12(15)4-8-16-9-5-12/h11,13,15H,2-10H2,1H3. The van der Waals surface area contributed by atoms with Crippen LogP contribution in [0.1, 0.15) is 25.7 Å². The quantitative estimate of drug-likeness (QED) is 0.725. The highest BCUT2D eigenvalue weighted by atomic mass is 16.5. The first-order valence-electron chi connectivity index (χ1n) is 6.40. The summed E-state index contributed by atoms with van der Waals surface area (Å²) in [7, 11) is 2.17. The SMILES string of the molecule is CN1CCC(NCC2(O)CCOCC2)CC1. The third kappa shape index (κ3) is 3.42. The van der Waals surface area contributed by atoms with Crippen LogP contribution in [-0.2, 0) is 4.74 Å². The number of hydrogen-bond acceptors (Lipinski definition) is 4. The largest absolute Gasteiger partial charge is 0.388 e. The van der Waals surface area contributed by atoms with E-state index >= 15 is 0 Å². The maximum atomic E-state index is 10.3. The molecular formula is C12H24N2O2. The van der Waals surface area contributed by atoms with Gasteiger partial charge < -0.3 is 20.1 Å². The molecule has 16 heavy (non-hydrogen) atoms. The summed E-state index contributed by atoms with van der Waals surface area (Å²) in [5, 5.41) is 13.8. The van der Waals surface area contributed by atoms with Crippen LogP contribution < -0.4 is 5.32 Å². The van der Waals surface area contributed by atoms with Crippen LogP contribution in [0.25, 0.3) is 0 Å². The van der Waals surface area contributed by atoms with E-state index in [1.54, 1.807) is 0 Å². The van der Waals surface area contributed by atoms with Gasteiger partial charge in [0.05, 0.1) is 5.60 Å². The minimum atomic E-state index is -0.526. The fraction of sp³-hybridized carbons (Fsp3) is 1.00. The van der Waals surface area contributed by atoms with E-state index in [9.17, 15) is 5.11 Å². The lowest BCUT2D eigenvalue weighted by atomic mass is 9.93. The second-order valence-corrected chi connectivity index (χ2v) is 5.30. The van der Waals surface area contributed by atoms with Crippen molar-refractivity contribution in [3.8, 4) is 0 Å². The van der Waals surface area contributed by atoms with E-state index in [2.05, 4.69) is 17.3 Å². The molecule has 2 heterocycles. The van der Waals surface area contributed by atoms with Gasteiger partial charge in [0.25, 0.3) is 0 Å². The monoisotopic (exact) mass is 228 g/mol. The summed E-state index contributed by atoms with van der Waals surface area (Å²) in [4.78, 5) is 2.36. The Bertz CT molecular complexity index is 209. The number of hydrogen-bond donors (Lipinski definition) is 2. The molecule has 0 saturated carbocycles. The lowest BCUT2D eigenvalue weighted by Crippen LogP contribution is -2.50. The Kier molecular flexibility index (Phi) is 4.19. The Morgan fingerprint density at radius 1 is 1.31 bits per heavy atom. The first-order valence-corrected chi connectivity index (χ1v) is 6.40. The second-order valence-electron chi connectivity index (χ2n) is 5.30. The van der Waals surface area contributed by atoms with Gasteiger partial charge in [-0.2, -0.15) is 0 Å². The third-order valence-electron chi connectivity index (χ3n) is 3.86. The molecular weight excluding hydrogens is 204 g/mol. The van der Waals surface area contributed by atoms with Crippen molar-refractivity contribution in [1.82, 2.24) is 10.2 Å². The summed E-state index contributed by atoms with van der Waals surface area (Å²) in [6.07, 6.45) is 3.94. The number of nitrogens with zero attached hydrogens (tertiary/aromatic N) is 1. The lowest BCUT2D eigenvalue weighted by molar-refractivity contribution is -0.0634. The van der Waals surface area contributed by atoms with E-state index in [0.29, 0.717) is 19.3 Å². The lowest BCUT2D eigenvalue weighted by Gasteiger charge is -2.36. The van der Waals surface area contributed by atoms with Crippen LogP contribution in [0.5, 0.6) is 0 Å². The predicted molar refractivity (Wildman–Crippen MR) is 63.5 cm³/mol. The number of piperidine rings is 1. The van der Waals surface area contributed by atoms with Gasteiger partial charge in [-0.1, -0.05) is 0 Å². The number of nitrogens with one attached hydrogen (secondary N) is 1. The molecule has 2 rings (SSSR count). The predicted octanol–water partition coefficient (Wildman–Crippen LogP) is 0.212. The van der Waals surface area contributed by atoms with Crippen LogP contribution in [0.15, 0.2) is 0 Å². The fourth-order valence-electron chi connectivity index (χ4n) is 2.48. The van der Waals surface area contributed by atoms with Crippen LogP contribution in [-0.4, -0.2) is 61.5 Å². The average molecular weight is 228 g/mol. The molecule has 0 atom stereocenters. The number of ether oxygens (including phenoxy) is 1. The van der Waals surface area contributed by atoms with Gasteiger partial charge in [-0.3, -0.25) is 0 Å². The zero-order valence-electron chi connectivity index (χ0n) is 10.2. The van der Waals surface area contributed by atoms with Crippen LogP contribution in [0.3, 0.4) is 0 Å². The molecule has 4 nitrogen and oxygen atoms in total. The van der Waals surface area contributed by atoms with E-state index in [-0.39, 0.29) is 0 Å². The Hall–Kier alpha value is -0.160. The van der Waals surface area contributed by atoms with Gasteiger partial charge in [-0.05, 0) is 33.0 Å².